The van der Waals surface area contributed by atoms with Gasteiger partial charge in [-0.25, -0.2) is 0 Å². The van der Waals surface area contributed by atoms with Gasteiger partial charge >= 0.3 is 0 Å². The van der Waals surface area contributed by atoms with Crippen molar-refractivity contribution in [3.05, 3.63) is 42.1 Å². The first-order chi connectivity index (χ1) is 12.0. The van der Waals surface area contributed by atoms with Crippen molar-refractivity contribution in [3.63, 3.8) is 0 Å². The summed E-state index contributed by atoms with van der Waals surface area (Å²) in [5.74, 6) is 0.436. The first kappa shape index (κ1) is 15.9. The lowest BCUT2D eigenvalue weighted by Crippen LogP contribution is -2.47. The van der Waals surface area contributed by atoms with Crippen LogP contribution in [0.25, 0.3) is 11.3 Å². The Kier molecular flexibility index (Phi) is 3.82. The van der Waals surface area contributed by atoms with E-state index in [1.807, 2.05) is 53.2 Å². The van der Waals surface area contributed by atoms with Crippen molar-refractivity contribution < 1.29 is 9.59 Å². The lowest BCUT2D eigenvalue weighted by molar-refractivity contribution is -0.127. The van der Waals surface area contributed by atoms with Crippen molar-refractivity contribution in [2.45, 2.75) is 18.9 Å². The number of carbonyl (C=O) groups excluding carboxylic acids is 2. The number of likely N-dealkylation sites (tertiary alicyclic amines) is 2. The molecule has 0 saturated carbocycles. The summed E-state index contributed by atoms with van der Waals surface area (Å²) in [4.78, 5) is 28.6. The van der Waals surface area contributed by atoms with Crippen molar-refractivity contribution in [3.8, 4) is 11.3 Å². The molecule has 0 aliphatic carbocycles. The second-order valence-electron chi connectivity index (χ2n) is 6.98. The summed E-state index contributed by atoms with van der Waals surface area (Å²) in [6, 6.07) is 12.0. The zero-order chi connectivity index (χ0) is 17.6. The van der Waals surface area contributed by atoms with E-state index in [0.717, 1.165) is 17.7 Å². The van der Waals surface area contributed by atoms with Gasteiger partial charge in [0, 0.05) is 51.1 Å². The Morgan fingerprint density at radius 3 is 2.72 bits per heavy atom. The highest BCUT2D eigenvalue weighted by Gasteiger charge is 2.42. The van der Waals surface area contributed by atoms with Gasteiger partial charge in [-0.3, -0.25) is 14.3 Å². The number of aromatic nitrogens is 2. The smallest absolute Gasteiger partial charge is 0.272 e. The van der Waals surface area contributed by atoms with E-state index in [0.29, 0.717) is 25.2 Å². The fraction of sp³-hybridized carbons (Fsp3) is 0.421. The number of rotatable bonds is 2. The van der Waals surface area contributed by atoms with E-state index in [4.69, 9.17) is 0 Å². The highest BCUT2D eigenvalue weighted by atomic mass is 16.2. The molecular weight excluding hydrogens is 316 g/mol. The molecule has 4 rings (SSSR count). The zero-order valence-corrected chi connectivity index (χ0v) is 14.6. The van der Waals surface area contributed by atoms with Crippen LogP contribution in [0.1, 0.15) is 23.3 Å². The van der Waals surface area contributed by atoms with Crippen molar-refractivity contribution in [2.24, 2.45) is 13.0 Å². The molecule has 2 aromatic rings. The molecule has 0 N–H and O–H groups in total. The van der Waals surface area contributed by atoms with Gasteiger partial charge in [0.05, 0.1) is 5.69 Å². The number of aryl methyl sites for hydroxylation is 1. The average molecular weight is 338 g/mol. The SMILES string of the molecule is CN1C(=O)C[C@@H]2CN(C(=O)c3cc(-c4ccccc4)nn3C)CC[C@@H]21. The molecule has 25 heavy (non-hydrogen) atoms. The topological polar surface area (TPSA) is 58.4 Å². The lowest BCUT2D eigenvalue weighted by Gasteiger charge is -2.36. The summed E-state index contributed by atoms with van der Waals surface area (Å²) < 4.78 is 1.66. The van der Waals surface area contributed by atoms with Crippen LogP contribution in [-0.4, -0.2) is 57.6 Å². The first-order valence-corrected chi connectivity index (χ1v) is 8.69. The molecule has 6 nitrogen and oxygen atoms in total. The Balaban J connectivity index is 1.54. The van der Waals surface area contributed by atoms with E-state index in [9.17, 15) is 9.59 Å². The summed E-state index contributed by atoms with van der Waals surface area (Å²) in [6.45, 7) is 1.33. The molecule has 0 unspecified atom stereocenters. The third-order valence-electron chi connectivity index (χ3n) is 5.48. The highest BCUT2D eigenvalue weighted by molar-refractivity contribution is 5.94. The van der Waals surface area contributed by atoms with E-state index in [1.165, 1.54) is 0 Å². The standard InChI is InChI=1S/C19H22N4O2/c1-21-16-8-9-23(12-14(16)10-18(21)24)19(25)17-11-15(20-22(17)2)13-6-4-3-5-7-13/h3-7,11,14,16H,8-10,12H2,1-2H3/t14-,16+/m1/s1. The predicted molar refractivity (Wildman–Crippen MR) is 93.8 cm³/mol. The third-order valence-corrected chi connectivity index (χ3v) is 5.48. The van der Waals surface area contributed by atoms with E-state index >= 15 is 0 Å². The van der Waals surface area contributed by atoms with Gasteiger partial charge < -0.3 is 9.80 Å². The number of carbonyl (C=O) groups is 2. The van der Waals surface area contributed by atoms with E-state index in [2.05, 4.69) is 5.10 Å². The second kappa shape index (κ2) is 6.02. The molecule has 1 aromatic carbocycles. The predicted octanol–water partition coefficient (Wildman–Crippen LogP) is 1.78. The minimum atomic E-state index is -0.00219. The Morgan fingerprint density at radius 1 is 1.20 bits per heavy atom. The monoisotopic (exact) mass is 338 g/mol. The number of amides is 2. The van der Waals surface area contributed by atoms with Crippen molar-refractivity contribution in [1.82, 2.24) is 19.6 Å². The van der Waals surface area contributed by atoms with Crippen LogP contribution >= 0.6 is 0 Å². The lowest BCUT2D eigenvalue weighted by atomic mass is 9.92. The molecule has 2 saturated heterocycles. The molecule has 2 aliphatic rings. The molecule has 2 aliphatic heterocycles. The maximum absolute atomic E-state index is 13.0. The van der Waals surface area contributed by atoms with Gasteiger partial charge in [-0.05, 0) is 12.5 Å². The third kappa shape index (κ3) is 2.71. The van der Waals surface area contributed by atoms with Crippen LogP contribution in [0.3, 0.4) is 0 Å². The average Bonchev–Trinajstić information content (AvgIpc) is 3.15. The van der Waals surface area contributed by atoms with Gasteiger partial charge in [-0.15, -0.1) is 0 Å². The molecule has 6 heteroatoms. The van der Waals surface area contributed by atoms with Gasteiger partial charge in [-0.1, -0.05) is 30.3 Å². The van der Waals surface area contributed by atoms with Crippen LogP contribution in [0.4, 0.5) is 0 Å². The largest absolute Gasteiger partial charge is 0.342 e. The molecule has 130 valence electrons. The van der Waals surface area contributed by atoms with Crippen LogP contribution in [-0.2, 0) is 11.8 Å². The van der Waals surface area contributed by atoms with Crippen LogP contribution in [0.2, 0.25) is 0 Å². The fourth-order valence-electron chi connectivity index (χ4n) is 4.05. The minimum Gasteiger partial charge on any atom is -0.342 e. The molecule has 2 atom stereocenters. The number of benzene rings is 1. The van der Waals surface area contributed by atoms with Crippen molar-refractivity contribution in [1.29, 1.82) is 0 Å². The summed E-state index contributed by atoms with van der Waals surface area (Å²) in [5, 5.41) is 4.49. The molecule has 2 fully saturated rings. The maximum Gasteiger partial charge on any atom is 0.272 e. The first-order valence-electron chi connectivity index (χ1n) is 8.69. The van der Waals surface area contributed by atoms with Gasteiger partial charge in [0.15, 0.2) is 0 Å². The molecule has 3 heterocycles. The molecule has 0 radical (unpaired) electrons. The fourth-order valence-corrected chi connectivity index (χ4v) is 4.05. The molecule has 2 amide bonds. The molecule has 0 spiro atoms. The maximum atomic E-state index is 13.0. The van der Waals surface area contributed by atoms with Crippen LogP contribution in [0.5, 0.6) is 0 Å². The van der Waals surface area contributed by atoms with Crippen LogP contribution in [0, 0.1) is 5.92 Å². The quantitative estimate of drug-likeness (QED) is 0.839. The number of fused-ring (bicyclic) bond motifs is 1. The summed E-state index contributed by atoms with van der Waals surface area (Å²) >= 11 is 0. The van der Waals surface area contributed by atoms with Gasteiger partial charge in [-0.2, -0.15) is 5.10 Å². The Morgan fingerprint density at radius 2 is 1.96 bits per heavy atom. The zero-order valence-electron chi connectivity index (χ0n) is 14.6. The summed E-state index contributed by atoms with van der Waals surface area (Å²) in [5.41, 5.74) is 2.39. The van der Waals surface area contributed by atoms with Crippen molar-refractivity contribution >= 4 is 11.8 Å². The van der Waals surface area contributed by atoms with E-state index in [1.54, 1.807) is 11.7 Å². The molecule has 1 aromatic heterocycles. The molecule has 0 bridgehead atoms. The normalized spacial score (nSPS) is 23.0. The Hall–Kier alpha value is -2.63. The number of piperidine rings is 1. The van der Waals surface area contributed by atoms with Gasteiger partial charge in [0.1, 0.15) is 5.69 Å². The summed E-state index contributed by atoms with van der Waals surface area (Å²) in [7, 11) is 3.68. The number of nitrogens with zero attached hydrogens (tertiary/aromatic N) is 4. The van der Waals surface area contributed by atoms with Crippen LogP contribution < -0.4 is 0 Å². The van der Waals surface area contributed by atoms with Crippen molar-refractivity contribution in [2.75, 3.05) is 20.1 Å². The second-order valence-corrected chi connectivity index (χ2v) is 6.98. The molecular formula is C19H22N4O2. The van der Waals surface area contributed by atoms with E-state index < -0.39 is 0 Å². The summed E-state index contributed by atoms with van der Waals surface area (Å²) in [6.07, 6.45) is 1.40. The van der Waals surface area contributed by atoms with Gasteiger partial charge in [0.25, 0.3) is 5.91 Å². The van der Waals surface area contributed by atoms with E-state index in [-0.39, 0.29) is 23.8 Å². The Labute approximate surface area is 147 Å². The highest BCUT2D eigenvalue weighted by Crippen LogP contribution is 2.32. The minimum absolute atomic E-state index is 0.00219. The Bertz CT molecular complexity index is 814. The number of hydrogen-bond acceptors (Lipinski definition) is 3. The van der Waals surface area contributed by atoms with Crippen LogP contribution in [0.15, 0.2) is 36.4 Å². The van der Waals surface area contributed by atoms with Gasteiger partial charge in [0.2, 0.25) is 5.91 Å². The number of hydrogen-bond donors (Lipinski definition) is 0.